The number of aryl methyl sites for hydroxylation is 1. The monoisotopic (exact) mass is 368 g/mol. The highest BCUT2D eigenvalue weighted by Gasteiger charge is 2.13. The molecular weight excluding hydrogens is 340 g/mol. The van der Waals surface area contributed by atoms with Gasteiger partial charge in [-0.1, -0.05) is 29.8 Å². The lowest BCUT2D eigenvalue weighted by Gasteiger charge is -2.29. The fraction of sp³-hybridized carbons (Fsp3) is 0.429. The van der Waals surface area contributed by atoms with Gasteiger partial charge in [-0.15, -0.1) is 0 Å². The van der Waals surface area contributed by atoms with Gasteiger partial charge in [0.1, 0.15) is 6.61 Å². The van der Waals surface area contributed by atoms with Gasteiger partial charge in [0.15, 0.2) is 0 Å². The van der Waals surface area contributed by atoms with Gasteiger partial charge < -0.3 is 19.7 Å². The number of anilines is 1. The molecule has 0 radical (unpaired) electrons. The summed E-state index contributed by atoms with van der Waals surface area (Å²) in [5.74, 6) is 0.631. The number of morpholine rings is 1. The minimum absolute atomic E-state index is 0.579. The van der Waals surface area contributed by atoms with Crippen LogP contribution in [0.2, 0.25) is 0 Å². The first kappa shape index (κ1) is 19.3. The predicted octanol–water partition coefficient (Wildman–Crippen LogP) is 2.44. The molecule has 0 amide bonds. The molecule has 2 aromatic rings. The Bertz CT molecular complexity index is 758. The molecule has 6 nitrogen and oxygen atoms in total. The van der Waals surface area contributed by atoms with E-state index >= 15 is 0 Å². The Hall–Kier alpha value is -2.44. The van der Waals surface area contributed by atoms with Crippen LogP contribution < -0.4 is 15.0 Å². The Morgan fingerprint density at radius 1 is 1.26 bits per heavy atom. The number of hydrogen-bond donors (Lipinski definition) is 1. The van der Waals surface area contributed by atoms with Crippen molar-refractivity contribution in [3.05, 3.63) is 53.2 Å². The summed E-state index contributed by atoms with van der Waals surface area (Å²) in [6.07, 6.45) is 1.83. The van der Waals surface area contributed by atoms with E-state index < -0.39 is 0 Å². The smallest absolute Gasteiger partial charge is 0.215 e. The molecule has 1 aliphatic heterocycles. The largest absolute Gasteiger partial charge is 0.476 e. The van der Waals surface area contributed by atoms with E-state index in [1.165, 1.54) is 11.1 Å². The Morgan fingerprint density at radius 3 is 2.89 bits per heavy atom. The Morgan fingerprint density at radius 2 is 2.11 bits per heavy atom. The first-order valence-corrected chi connectivity index (χ1v) is 9.42. The molecule has 0 unspecified atom stereocenters. The molecule has 0 saturated carbocycles. The van der Waals surface area contributed by atoms with Crippen molar-refractivity contribution in [2.24, 2.45) is 4.99 Å². The van der Waals surface area contributed by atoms with Gasteiger partial charge in [-0.3, -0.25) is 4.99 Å². The molecule has 6 heteroatoms. The van der Waals surface area contributed by atoms with Crippen LogP contribution in [0.4, 0.5) is 5.69 Å². The maximum Gasteiger partial charge on any atom is 0.215 e. The van der Waals surface area contributed by atoms with Crippen LogP contribution in [0, 0.1) is 6.92 Å². The topological polar surface area (TPSA) is 59.0 Å². The lowest BCUT2D eigenvalue weighted by molar-refractivity contribution is 0.122. The van der Waals surface area contributed by atoms with E-state index in [9.17, 15) is 0 Å². The van der Waals surface area contributed by atoms with Crippen LogP contribution in [-0.4, -0.2) is 57.7 Å². The molecule has 3 rings (SSSR count). The van der Waals surface area contributed by atoms with Crippen LogP contribution in [-0.2, 0) is 11.3 Å². The van der Waals surface area contributed by atoms with Crippen molar-refractivity contribution in [2.45, 2.75) is 13.5 Å². The number of rotatable bonds is 8. The summed E-state index contributed by atoms with van der Waals surface area (Å²) < 4.78 is 11.3. The fourth-order valence-corrected chi connectivity index (χ4v) is 2.97. The molecule has 0 aliphatic carbocycles. The third kappa shape index (κ3) is 6.05. The second kappa shape index (κ2) is 10.0. The molecule has 1 saturated heterocycles. The molecule has 1 fully saturated rings. The first-order valence-electron chi connectivity index (χ1n) is 9.42. The SMILES string of the molecule is CNCCOc1cc(N2CCOCC2)cc(C=NCc2cccc(C)c2)n1. The summed E-state index contributed by atoms with van der Waals surface area (Å²) >= 11 is 0. The first-order chi connectivity index (χ1) is 13.2. The number of nitrogens with zero attached hydrogens (tertiary/aromatic N) is 3. The van der Waals surface area contributed by atoms with Gasteiger partial charge in [-0.05, 0) is 25.6 Å². The van der Waals surface area contributed by atoms with Gasteiger partial charge in [0.2, 0.25) is 5.88 Å². The minimum atomic E-state index is 0.579. The summed E-state index contributed by atoms with van der Waals surface area (Å²) in [7, 11) is 1.91. The highest BCUT2D eigenvalue weighted by molar-refractivity contribution is 5.79. The average molecular weight is 368 g/mol. The molecular formula is C21H28N4O2. The summed E-state index contributed by atoms with van der Waals surface area (Å²) in [6.45, 7) is 7.33. The van der Waals surface area contributed by atoms with Crippen molar-refractivity contribution in [1.82, 2.24) is 10.3 Å². The Balaban J connectivity index is 1.74. The van der Waals surface area contributed by atoms with Crippen molar-refractivity contribution in [3.8, 4) is 5.88 Å². The number of hydrogen-bond acceptors (Lipinski definition) is 6. The zero-order valence-corrected chi connectivity index (χ0v) is 16.1. The number of pyridine rings is 1. The Kier molecular flexibility index (Phi) is 7.19. The van der Waals surface area contributed by atoms with Gasteiger partial charge in [0.05, 0.1) is 25.5 Å². The number of aromatic nitrogens is 1. The van der Waals surface area contributed by atoms with Crippen molar-refractivity contribution >= 4 is 11.9 Å². The fourth-order valence-electron chi connectivity index (χ4n) is 2.97. The number of aliphatic imine (C=N–C) groups is 1. The molecule has 0 bridgehead atoms. The third-order valence-electron chi connectivity index (χ3n) is 4.36. The summed E-state index contributed by atoms with van der Waals surface area (Å²) in [5.41, 5.74) is 4.35. The molecule has 27 heavy (non-hydrogen) atoms. The van der Waals surface area contributed by atoms with Gasteiger partial charge in [-0.25, -0.2) is 4.98 Å². The lowest BCUT2D eigenvalue weighted by Crippen LogP contribution is -2.36. The second-order valence-electron chi connectivity index (χ2n) is 6.60. The quantitative estimate of drug-likeness (QED) is 0.573. The van der Waals surface area contributed by atoms with E-state index in [0.29, 0.717) is 19.0 Å². The minimum Gasteiger partial charge on any atom is -0.476 e. The molecule has 1 aromatic heterocycles. The number of benzene rings is 1. The molecule has 1 aromatic carbocycles. The summed E-state index contributed by atoms with van der Waals surface area (Å²) in [5, 5.41) is 3.08. The second-order valence-corrected chi connectivity index (χ2v) is 6.60. The highest BCUT2D eigenvalue weighted by Crippen LogP contribution is 2.22. The average Bonchev–Trinajstić information content (AvgIpc) is 2.69. The van der Waals surface area contributed by atoms with Crippen LogP contribution in [0.25, 0.3) is 0 Å². The van der Waals surface area contributed by atoms with Gasteiger partial charge >= 0.3 is 0 Å². The standard InChI is InChI=1S/C21H28N4O2/c1-17-4-3-5-18(12-17)15-23-16-19-13-20(25-7-10-26-11-8-25)14-21(24-19)27-9-6-22-2/h3-5,12-14,16,22H,6-11,15H2,1-2H3. The van der Waals surface area contributed by atoms with Crippen molar-refractivity contribution in [1.29, 1.82) is 0 Å². The predicted molar refractivity (Wildman–Crippen MR) is 109 cm³/mol. The van der Waals surface area contributed by atoms with E-state index in [1.54, 1.807) is 0 Å². The maximum absolute atomic E-state index is 5.81. The van der Waals surface area contributed by atoms with E-state index in [2.05, 4.69) is 57.4 Å². The highest BCUT2D eigenvalue weighted by atomic mass is 16.5. The normalized spacial score (nSPS) is 14.7. The molecule has 0 atom stereocenters. The lowest BCUT2D eigenvalue weighted by atomic mass is 10.1. The van der Waals surface area contributed by atoms with Crippen LogP contribution in [0.3, 0.4) is 0 Å². The van der Waals surface area contributed by atoms with Crippen LogP contribution in [0.5, 0.6) is 5.88 Å². The van der Waals surface area contributed by atoms with E-state index in [1.807, 2.05) is 19.3 Å². The summed E-state index contributed by atoms with van der Waals surface area (Å²) in [6, 6.07) is 12.5. The zero-order valence-electron chi connectivity index (χ0n) is 16.1. The van der Waals surface area contributed by atoms with E-state index in [-0.39, 0.29) is 0 Å². The van der Waals surface area contributed by atoms with Crippen LogP contribution in [0.1, 0.15) is 16.8 Å². The Labute approximate surface area is 161 Å². The molecule has 1 N–H and O–H groups in total. The van der Waals surface area contributed by atoms with E-state index in [4.69, 9.17) is 9.47 Å². The van der Waals surface area contributed by atoms with Crippen molar-refractivity contribution in [2.75, 3.05) is 51.4 Å². The molecule has 1 aliphatic rings. The van der Waals surface area contributed by atoms with Gasteiger partial charge in [0.25, 0.3) is 0 Å². The van der Waals surface area contributed by atoms with Crippen LogP contribution in [0.15, 0.2) is 41.4 Å². The third-order valence-corrected chi connectivity index (χ3v) is 4.36. The molecule has 144 valence electrons. The maximum atomic E-state index is 5.81. The number of nitrogens with one attached hydrogen (secondary N) is 1. The molecule has 2 heterocycles. The summed E-state index contributed by atoms with van der Waals surface area (Å²) in [4.78, 5) is 11.5. The van der Waals surface area contributed by atoms with Gasteiger partial charge in [-0.2, -0.15) is 0 Å². The van der Waals surface area contributed by atoms with Crippen molar-refractivity contribution < 1.29 is 9.47 Å². The van der Waals surface area contributed by atoms with Crippen LogP contribution >= 0.6 is 0 Å². The van der Waals surface area contributed by atoms with Gasteiger partial charge in [0, 0.05) is 37.6 Å². The zero-order chi connectivity index (χ0) is 18.9. The van der Waals surface area contributed by atoms with E-state index in [0.717, 1.165) is 44.2 Å². The number of likely N-dealkylation sites (N-methyl/N-ethyl adjacent to an activating group) is 1. The number of ether oxygens (including phenoxy) is 2. The van der Waals surface area contributed by atoms with Crippen molar-refractivity contribution in [3.63, 3.8) is 0 Å². The molecule has 0 spiro atoms.